The van der Waals surface area contributed by atoms with Crippen LogP contribution in [0.3, 0.4) is 0 Å². The number of hydrogen-bond acceptors (Lipinski definition) is 0. The average molecular weight is 254 g/mol. The summed E-state index contributed by atoms with van der Waals surface area (Å²) in [7, 11) is 0. The summed E-state index contributed by atoms with van der Waals surface area (Å²) >= 11 is 0. The Hall–Kier alpha value is -1.58. The maximum absolute atomic E-state index is 13.8. The lowest BCUT2D eigenvalue weighted by Crippen LogP contribution is -2.24. The van der Waals surface area contributed by atoms with Gasteiger partial charge in [0, 0.05) is 23.0 Å². The number of benzene rings is 1. The SMILES string of the molecule is CC1=C[C@H]2C(C)=C[C@@H]1c1c(F)c(F)c(F)c(F)c12. The average Bonchev–Trinajstić information content (AvgIpc) is 2.34. The molecule has 0 saturated heterocycles. The van der Waals surface area contributed by atoms with Crippen molar-refractivity contribution < 1.29 is 17.6 Å². The van der Waals surface area contributed by atoms with Gasteiger partial charge in [-0.05, 0) is 13.8 Å². The van der Waals surface area contributed by atoms with Crippen LogP contribution in [0.1, 0.15) is 36.8 Å². The third-order valence-corrected chi connectivity index (χ3v) is 3.80. The Morgan fingerprint density at radius 2 is 1.00 bits per heavy atom. The Bertz CT molecular complexity index is 570. The van der Waals surface area contributed by atoms with Gasteiger partial charge in [0.25, 0.3) is 0 Å². The minimum absolute atomic E-state index is 0.0537. The molecule has 18 heavy (non-hydrogen) atoms. The summed E-state index contributed by atoms with van der Waals surface area (Å²) in [5.41, 5.74) is 1.56. The van der Waals surface area contributed by atoms with Crippen molar-refractivity contribution in [1.29, 1.82) is 0 Å². The van der Waals surface area contributed by atoms with Gasteiger partial charge in [-0.15, -0.1) is 0 Å². The smallest absolute Gasteiger partial charge is 0.197 e. The van der Waals surface area contributed by atoms with Crippen LogP contribution < -0.4 is 0 Å². The van der Waals surface area contributed by atoms with Gasteiger partial charge in [0.1, 0.15) is 0 Å². The fraction of sp³-hybridized carbons (Fsp3) is 0.286. The lowest BCUT2D eigenvalue weighted by molar-refractivity contribution is 0.393. The van der Waals surface area contributed by atoms with Crippen LogP contribution in [-0.2, 0) is 0 Å². The normalized spacial score (nSPS) is 24.8. The maximum atomic E-state index is 13.8. The molecule has 2 atom stereocenters. The first-order valence-electron chi connectivity index (χ1n) is 5.65. The van der Waals surface area contributed by atoms with E-state index in [-0.39, 0.29) is 11.1 Å². The predicted molar refractivity (Wildman–Crippen MR) is 59.3 cm³/mol. The first kappa shape index (κ1) is 11.5. The first-order chi connectivity index (χ1) is 8.43. The molecule has 0 heterocycles. The van der Waals surface area contributed by atoms with Crippen LogP contribution in [0.15, 0.2) is 23.3 Å². The molecule has 3 aliphatic carbocycles. The van der Waals surface area contributed by atoms with Gasteiger partial charge in [-0.3, -0.25) is 0 Å². The Labute approximate surface area is 102 Å². The molecule has 2 bridgehead atoms. The molecule has 0 unspecified atom stereocenters. The van der Waals surface area contributed by atoms with E-state index in [1.165, 1.54) is 0 Å². The van der Waals surface area contributed by atoms with E-state index >= 15 is 0 Å². The Kier molecular flexibility index (Phi) is 2.22. The molecule has 0 fully saturated rings. The van der Waals surface area contributed by atoms with Gasteiger partial charge in [-0.25, -0.2) is 17.6 Å². The highest BCUT2D eigenvalue weighted by atomic mass is 19.2. The third-order valence-electron chi connectivity index (χ3n) is 3.80. The van der Waals surface area contributed by atoms with Crippen LogP contribution in [0, 0.1) is 23.3 Å². The van der Waals surface area contributed by atoms with Crippen LogP contribution in [-0.4, -0.2) is 0 Å². The second kappa shape index (κ2) is 3.46. The highest BCUT2D eigenvalue weighted by Crippen LogP contribution is 2.50. The second-order valence-corrected chi connectivity index (χ2v) is 4.86. The van der Waals surface area contributed by atoms with Gasteiger partial charge in [0.05, 0.1) is 0 Å². The molecule has 0 aliphatic heterocycles. The van der Waals surface area contributed by atoms with Crippen LogP contribution in [0.25, 0.3) is 0 Å². The van der Waals surface area contributed by atoms with Gasteiger partial charge >= 0.3 is 0 Å². The van der Waals surface area contributed by atoms with E-state index in [1.54, 1.807) is 26.0 Å². The maximum Gasteiger partial charge on any atom is 0.197 e. The molecule has 94 valence electrons. The van der Waals surface area contributed by atoms with Gasteiger partial charge < -0.3 is 0 Å². The minimum atomic E-state index is -1.72. The van der Waals surface area contributed by atoms with Crippen molar-refractivity contribution in [2.75, 3.05) is 0 Å². The molecule has 0 nitrogen and oxygen atoms in total. The summed E-state index contributed by atoms with van der Waals surface area (Å²) in [5, 5.41) is 0. The van der Waals surface area contributed by atoms with E-state index in [4.69, 9.17) is 0 Å². The number of halogens is 4. The van der Waals surface area contributed by atoms with Gasteiger partial charge in [0.15, 0.2) is 23.3 Å². The summed E-state index contributed by atoms with van der Waals surface area (Å²) in [6.45, 7) is 3.56. The van der Waals surface area contributed by atoms with Gasteiger partial charge in [0.2, 0.25) is 0 Å². The Morgan fingerprint density at radius 3 is 1.33 bits per heavy atom. The molecule has 4 heteroatoms. The van der Waals surface area contributed by atoms with E-state index < -0.39 is 35.1 Å². The van der Waals surface area contributed by atoms with Crippen molar-refractivity contribution in [3.05, 3.63) is 57.7 Å². The zero-order valence-electron chi connectivity index (χ0n) is 9.82. The first-order valence-corrected chi connectivity index (χ1v) is 5.65. The minimum Gasteiger partial charge on any atom is -0.203 e. The van der Waals surface area contributed by atoms with E-state index in [0.29, 0.717) is 0 Å². The van der Waals surface area contributed by atoms with Crippen molar-refractivity contribution in [3.8, 4) is 0 Å². The van der Waals surface area contributed by atoms with Gasteiger partial charge in [-0.1, -0.05) is 23.3 Å². The zero-order chi connectivity index (χ0) is 13.2. The standard InChI is InChI=1S/C14H10F4/c1-5-3-8-6(2)4-7(5)9-10(8)12(16)14(18)13(17)11(9)15/h3-4,7-8H,1-2H3/t7-,8-/m0/s1. The molecular formula is C14H10F4. The zero-order valence-corrected chi connectivity index (χ0v) is 9.82. The van der Waals surface area contributed by atoms with E-state index in [9.17, 15) is 17.6 Å². The van der Waals surface area contributed by atoms with Crippen molar-refractivity contribution in [2.24, 2.45) is 0 Å². The number of allylic oxidation sites excluding steroid dienone is 4. The number of hydrogen-bond donors (Lipinski definition) is 0. The summed E-state index contributed by atoms with van der Waals surface area (Å²) in [4.78, 5) is 0. The monoisotopic (exact) mass is 254 g/mol. The van der Waals surface area contributed by atoms with E-state index in [2.05, 4.69) is 0 Å². The molecule has 0 radical (unpaired) electrons. The Balaban J connectivity index is 2.40. The molecule has 3 aliphatic rings. The lowest BCUT2D eigenvalue weighted by Gasteiger charge is -2.35. The molecule has 0 aromatic heterocycles. The van der Waals surface area contributed by atoms with Crippen molar-refractivity contribution >= 4 is 0 Å². The molecule has 1 aromatic rings. The highest BCUT2D eigenvalue weighted by Gasteiger charge is 2.39. The molecule has 0 amide bonds. The fourth-order valence-corrected chi connectivity index (χ4v) is 2.89. The van der Waals surface area contributed by atoms with E-state index in [1.807, 2.05) is 0 Å². The molecule has 0 spiro atoms. The molecule has 0 N–H and O–H groups in total. The number of rotatable bonds is 0. The van der Waals surface area contributed by atoms with Crippen LogP contribution >= 0.6 is 0 Å². The van der Waals surface area contributed by atoms with E-state index in [0.717, 1.165) is 11.1 Å². The lowest BCUT2D eigenvalue weighted by atomic mass is 9.69. The summed E-state index contributed by atoms with van der Waals surface area (Å²) < 4.78 is 54.3. The topological polar surface area (TPSA) is 0 Å². The summed E-state index contributed by atoms with van der Waals surface area (Å²) in [6.07, 6.45) is 3.56. The van der Waals surface area contributed by atoms with Crippen molar-refractivity contribution in [1.82, 2.24) is 0 Å². The van der Waals surface area contributed by atoms with Crippen molar-refractivity contribution in [2.45, 2.75) is 25.7 Å². The molecule has 0 saturated carbocycles. The van der Waals surface area contributed by atoms with Crippen LogP contribution in [0.4, 0.5) is 17.6 Å². The van der Waals surface area contributed by atoms with Crippen LogP contribution in [0.2, 0.25) is 0 Å². The largest absolute Gasteiger partial charge is 0.203 e. The second-order valence-electron chi connectivity index (χ2n) is 4.86. The third kappa shape index (κ3) is 1.21. The summed E-state index contributed by atoms with van der Waals surface area (Å²) in [5.74, 6) is -6.97. The van der Waals surface area contributed by atoms with Crippen LogP contribution in [0.5, 0.6) is 0 Å². The molecular weight excluding hydrogens is 244 g/mol. The quantitative estimate of drug-likeness (QED) is 0.280. The highest BCUT2D eigenvalue weighted by molar-refractivity contribution is 5.57. The van der Waals surface area contributed by atoms with Gasteiger partial charge in [-0.2, -0.15) is 0 Å². The Morgan fingerprint density at radius 1 is 0.667 bits per heavy atom. The molecule has 4 rings (SSSR count). The van der Waals surface area contributed by atoms with Crippen molar-refractivity contribution in [3.63, 3.8) is 0 Å². The summed E-state index contributed by atoms with van der Waals surface area (Å²) in [6, 6.07) is 0. The predicted octanol–water partition coefficient (Wildman–Crippen LogP) is 4.33. The molecule has 1 aromatic carbocycles. The fourth-order valence-electron chi connectivity index (χ4n) is 2.89.